The summed E-state index contributed by atoms with van der Waals surface area (Å²) in [5, 5.41) is 10.9. The lowest BCUT2D eigenvalue weighted by Gasteiger charge is -2.29. The van der Waals surface area contributed by atoms with Gasteiger partial charge in [-0.05, 0) is 32.9 Å². The predicted octanol–water partition coefficient (Wildman–Crippen LogP) is 3.15. The molecule has 1 aromatic carbocycles. The van der Waals surface area contributed by atoms with Gasteiger partial charge < -0.3 is 19.1 Å². The van der Waals surface area contributed by atoms with E-state index in [1.165, 1.54) is 26.0 Å². The zero-order valence-corrected chi connectivity index (χ0v) is 23.2. The van der Waals surface area contributed by atoms with E-state index in [1.807, 2.05) is 0 Å². The standard InChI is InChI=1S/C24H30ClF2N2O9P/c1-13(2)35-21(32)14(3)11-39(34,38-16-8-6-5-7-9-16)37-15(4)18-19(30)24(25,12-26)22(36-18)29-10-17(27)20(31)28-23(29)33/h5-10,13-15,18-19,22,30H,11-12H2,1-4H3,(H,28,31,33)/t14-,15+,18-,19+,22-,24?,39?/m1/s1. The normalized spacial score (nSPS) is 26.1. The van der Waals surface area contributed by atoms with Crippen molar-refractivity contribution >= 4 is 25.2 Å². The van der Waals surface area contributed by atoms with Crippen molar-refractivity contribution in [2.45, 2.75) is 63.2 Å². The third kappa shape index (κ3) is 6.96. The first-order chi connectivity index (χ1) is 18.2. The molecule has 1 aliphatic rings. The predicted molar refractivity (Wildman–Crippen MR) is 136 cm³/mol. The zero-order valence-electron chi connectivity index (χ0n) is 21.6. The number of halogens is 3. The molecule has 2 aromatic rings. The molecule has 3 rings (SSSR count). The van der Waals surface area contributed by atoms with E-state index in [-0.39, 0.29) is 5.75 Å². The first-order valence-corrected chi connectivity index (χ1v) is 14.1. The first-order valence-electron chi connectivity index (χ1n) is 12.0. The molecule has 39 heavy (non-hydrogen) atoms. The second kappa shape index (κ2) is 12.3. The van der Waals surface area contributed by atoms with Gasteiger partial charge in [-0.15, -0.1) is 11.6 Å². The smallest absolute Gasteiger partial charge is 0.380 e. The summed E-state index contributed by atoms with van der Waals surface area (Å²) in [7, 11) is -4.20. The van der Waals surface area contributed by atoms with Crippen LogP contribution in [0.15, 0.2) is 46.1 Å². The molecule has 216 valence electrons. The van der Waals surface area contributed by atoms with E-state index in [0.717, 1.165) is 0 Å². The van der Waals surface area contributed by atoms with Crippen LogP contribution in [0.2, 0.25) is 0 Å². The Labute approximate surface area is 227 Å². The number of alkyl halides is 2. The van der Waals surface area contributed by atoms with Crippen molar-refractivity contribution in [3.8, 4) is 5.75 Å². The van der Waals surface area contributed by atoms with Gasteiger partial charge in [-0.2, -0.15) is 4.39 Å². The van der Waals surface area contributed by atoms with Gasteiger partial charge in [0, 0.05) is 0 Å². The Bertz CT molecular complexity index is 1320. The molecule has 0 saturated carbocycles. The Kier molecular flexibility index (Phi) is 9.77. The number of esters is 1. The lowest BCUT2D eigenvalue weighted by molar-refractivity contribution is -0.151. The molecule has 1 aromatic heterocycles. The minimum Gasteiger partial charge on any atom is -0.463 e. The summed E-state index contributed by atoms with van der Waals surface area (Å²) in [6.07, 6.45) is -6.85. The number of rotatable bonds is 11. The van der Waals surface area contributed by atoms with E-state index < -0.39 is 84.9 Å². The SMILES string of the molecule is CC(C)OC(=O)[C@H](C)CP(=O)(Oc1ccccc1)O[C@@H](C)[C@H]1O[C@@H](n2cc(F)c(=O)[nH]c2=O)C(Cl)(CF)[C@H]1O. The molecule has 1 fully saturated rings. The molecule has 0 spiro atoms. The van der Waals surface area contributed by atoms with Crippen LogP contribution in [0, 0.1) is 11.7 Å². The molecule has 15 heteroatoms. The first kappa shape index (κ1) is 31.0. The van der Waals surface area contributed by atoms with Crippen LogP contribution >= 0.6 is 19.2 Å². The molecule has 1 saturated heterocycles. The number of hydrogen-bond donors (Lipinski definition) is 2. The molecule has 1 aliphatic heterocycles. The fourth-order valence-corrected chi connectivity index (χ4v) is 6.39. The summed E-state index contributed by atoms with van der Waals surface area (Å²) in [5.74, 6) is -2.79. The fraction of sp³-hybridized carbons (Fsp3) is 0.542. The van der Waals surface area contributed by atoms with Crippen molar-refractivity contribution in [3.05, 3.63) is 63.2 Å². The van der Waals surface area contributed by atoms with Crippen molar-refractivity contribution < 1.29 is 41.8 Å². The number of para-hydroxylation sites is 1. The number of aromatic nitrogens is 2. The number of aromatic amines is 1. The van der Waals surface area contributed by atoms with Gasteiger partial charge in [-0.3, -0.25) is 23.7 Å². The lowest BCUT2D eigenvalue weighted by atomic mass is 9.97. The van der Waals surface area contributed by atoms with Crippen LogP contribution in [0.25, 0.3) is 0 Å². The van der Waals surface area contributed by atoms with Crippen molar-refractivity contribution in [1.29, 1.82) is 0 Å². The van der Waals surface area contributed by atoms with Crippen molar-refractivity contribution in [3.63, 3.8) is 0 Å². The molecule has 11 nitrogen and oxygen atoms in total. The van der Waals surface area contributed by atoms with Crippen LogP contribution in [0.5, 0.6) is 5.75 Å². The Morgan fingerprint density at radius 2 is 1.90 bits per heavy atom. The van der Waals surface area contributed by atoms with Crippen LogP contribution in [0.3, 0.4) is 0 Å². The highest BCUT2D eigenvalue weighted by Gasteiger charge is 2.59. The van der Waals surface area contributed by atoms with Gasteiger partial charge in [-0.1, -0.05) is 25.1 Å². The second-order valence-electron chi connectivity index (χ2n) is 9.50. The number of aliphatic hydroxyl groups is 1. The Morgan fingerprint density at radius 3 is 2.49 bits per heavy atom. The van der Waals surface area contributed by atoms with E-state index in [9.17, 15) is 32.8 Å². The van der Waals surface area contributed by atoms with Gasteiger partial charge in [0.2, 0.25) is 5.82 Å². The molecular formula is C24H30ClF2N2O9P. The lowest BCUT2D eigenvalue weighted by Crippen LogP contribution is -2.48. The Balaban J connectivity index is 1.91. The summed E-state index contributed by atoms with van der Waals surface area (Å²) in [4.78, 5) is 35.6. The van der Waals surface area contributed by atoms with Crippen LogP contribution in [0.1, 0.15) is 33.9 Å². The highest BCUT2D eigenvalue weighted by atomic mass is 35.5. The van der Waals surface area contributed by atoms with Crippen LogP contribution < -0.4 is 15.8 Å². The van der Waals surface area contributed by atoms with E-state index in [1.54, 1.807) is 37.0 Å². The van der Waals surface area contributed by atoms with Gasteiger partial charge in [0.15, 0.2) is 6.23 Å². The van der Waals surface area contributed by atoms with Crippen molar-refractivity contribution in [1.82, 2.24) is 9.55 Å². The topological polar surface area (TPSA) is 146 Å². The van der Waals surface area contributed by atoms with Gasteiger partial charge in [0.05, 0.1) is 30.5 Å². The number of ether oxygens (including phenoxy) is 2. The van der Waals surface area contributed by atoms with Gasteiger partial charge in [-0.25, -0.2) is 13.8 Å². The van der Waals surface area contributed by atoms with E-state index >= 15 is 0 Å². The summed E-state index contributed by atoms with van der Waals surface area (Å²) >= 11 is 6.34. The highest BCUT2D eigenvalue weighted by molar-refractivity contribution is 7.54. The quantitative estimate of drug-likeness (QED) is 0.227. The number of nitrogens with one attached hydrogen (secondary N) is 1. The van der Waals surface area contributed by atoms with Crippen LogP contribution in [-0.4, -0.2) is 62.8 Å². The summed E-state index contributed by atoms with van der Waals surface area (Å²) in [5.41, 5.74) is -2.48. The van der Waals surface area contributed by atoms with Gasteiger partial charge in [0.25, 0.3) is 5.56 Å². The summed E-state index contributed by atoms with van der Waals surface area (Å²) in [6.45, 7) is 4.68. The second-order valence-corrected chi connectivity index (χ2v) is 12.2. The molecule has 0 bridgehead atoms. The minimum absolute atomic E-state index is 0.161. The average Bonchev–Trinajstić information content (AvgIpc) is 3.12. The third-order valence-electron chi connectivity index (χ3n) is 5.91. The largest absolute Gasteiger partial charge is 0.463 e. The maximum atomic E-state index is 14.2. The summed E-state index contributed by atoms with van der Waals surface area (Å²) < 4.78 is 64.8. The number of H-pyrrole nitrogens is 1. The minimum atomic E-state index is -4.20. The molecule has 7 atom stereocenters. The van der Waals surface area contributed by atoms with E-state index in [4.69, 9.17) is 30.1 Å². The molecule has 0 aliphatic carbocycles. The molecule has 0 amide bonds. The number of aliphatic hydroxyl groups excluding tert-OH is 1. The number of benzene rings is 1. The average molecular weight is 595 g/mol. The van der Waals surface area contributed by atoms with Crippen LogP contribution in [0.4, 0.5) is 8.78 Å². The molecule has 2 N–H and O–H groups in total. The van der Waals surface area contributed by atoms with E-state index in [2.05, 4.69) is 0 Å². The number of carbonyl (C=O) groups is 1. The fourth-order valence-electron chi connectivity index (χ4n) is 4.02. The monoisotopic (exact) mass is 594 g/mol. The molecule has 0 radical (unpaired) electrons. The highest BCUT2D eigenvalue weighted by Crippen LogP contribution is 2.53. The Hall–Kier alpha value is -2.57. The van der Waals surface area contributed by atoms with Gasteiger partial charge in [0.1, 0.15) is 29.5 Å². The van der Waals surface area contributed by atoms with E-state index in [0.29, 0.717) is 10.8 Å². The molecular weight excluding hydrogens is 565 g/mol. The maximum Gasteiger partial charge on any atom is 0.380 e. The third-order valence-corrected chi connectivity index (χ3v) is 8.56. The van der Waals surface area contributed by atoms with Gasteiger partial charge >= 0.3 is 19.3 Å². The zero-order chi connectivity index (χ0) is 29.1. The number of nitrogens with zero attached hydrogens (tertiary/aromatic N) is 1. The summed E-state index contributed by atoms with van der Waals surface area (Å²) in [6, 6.07) is 7.97. The van der Waals surface area contributed by atoms with Crippen molar-refractivity contribution in [2.75, 3.05) is 12.8 Å². The molecule has 2 heterocycles. The molecule has 2 unspecified atom stereocenters. The van der Waals surface area contributed by atoms with Crippen molar-refractivity contribution in [2.24, 2.45) is 5.92 Å². The number of hydrogen-bond acceptors (Lipinski definition) is 9. The maximum absolute atomic E-state index is 14.2. The Morgan fingerprint density at radius 1 is 1.26 bits per heavy atom. The van der Waals surface area contributed by atoms with Crippen LogP contribution in [-0.2, 0) is 23.4 Å². The number of carbonyl (C=O) groups excluding carboxylic acids is 1.